The molecule has 0 bridgehead atoms. The van der Waals surface area contributed by atoms with Gasteiger partial charge in [-0.3, -0.25) is 9.59 Å². The summed E-state index contributed by atoms with van der Waals surface area (Å²) in [4.78, 5) is 36.6. The van der Waals surface area contributed by atoms with Crippen molar-refractivity contribution in [2.45, 2.75) is 174 Å². The molecule has 1 N–H and O–H groups in total. The van der Waals surface area contributed by atoms with E-state index in [1.807, 2.05) is 27.2 Å². The summed E-state index contributed by atoms with van der Waals surface area (Å²) in [6.07, 6.45) is 28.4. The van der Waals surface area contributed by atoms with Crippen LogP contribution in [0.2, 0.25) is 0 Å². The Hall–Kier alpha value is -1.93. The van der Waals surface area contributed by atoms with Gasteiger partial charge in [0.2, 0.25) is 0 Å². The van der Waals surface area contributed by atoms with Crippen molar-refractivity contribution in [3.8, 4) is 0 Å². The number of ether oxygens (including phenoxy) is 3. The predicted octanol–water partition coefficient (Wildman–Crippen LogP) is 9.19. The maximum absolute atomic E-state index is 12.5. The second-order valence-electron chi connectivity index (χ2n) is 13.8. The molecule has 0 aromatic carbocycles. The minimum Gasteiger partial charge on any atom is -0.477 e. The number of aliphatic carboxylic acids is 1. The smallest absolute Gasteiger partial charge is 0.362 e. The minimum atomic E-state index is -0.880. The van der Waals surface area contributed by atoms with Crippen LogP contribution in [-0.2, 0) is 28.6 Å². The van der Waals surface area contributed by atoms with Crippen LogP contribution in [0, 0.1) is 0 Å². The fraction of sp³-hybridized carbons (Fsp3) is 0.868. The van der Waals surface area contributed by atoms with Crippen molar-refractivity contribution in [1.29, 1.82) is 0 Å². The fourth-order valence-electron chi connectivity index (χ4n) is 5.46. The van der Waals surface area contributed by atoms with Gasteiger partial charge < -0.3 is 23.8 Å². The first kappa shape index (κ1) is 44.1. The lowest BCUT2D eigenvalue weighted by Gasteiger charge is -2.31. The number of carboxylic acids is 1. The molecule has 0 spiro atoms. The van der Waals surface area contributed by atoms with Crippen molar-refractivity contribution >= 4 is 17.9 Å². The summed E-state index contributed by atoms with van der Waals surface area (Å²) >= 11 is 0. The van der Waals surface area contributed by atoms with E-state index >= 15 is 0 Å². The van der Waals surface area contributed by atoms with Crippen LogP contribution in [0.5, 0.6) is 0 Å². The van der Waals surface area contributed by atoms with Gasteiger partial charge in [0.1, 0.15) is 6.61 Å². The Morgan fingerprint density at radius 1 is 0.630 bits per heavy atom. The third-order valence-corrected chi connectivity index (χ3v) is 8.43. The number of hydrogen-bond donors (Lipinski definition) is 1. The SMILES string of the molecule is CCCCCC/C=C/CCC(=O)OC(COCCC(C(=O)O)[N+](C)(C)C)COC(=O)CCCCCCCCCCCCCCCC. The normalized spacial score (nSPS) is 13.2. The molecule has 2 unspecified atom stereocenters. The summed E-state index contributed by atoms with van der Waals surface area (Å²) in [6, 6.07) is -0.613. The zero-order valence-electron chi connectivity index (χ0n) is 30.5. The number of unbranched alkanes of at least 4 members (excludes halogenated alkanes) is 17. The Kier molecular flexibility index (Phi) is 29.1. The molecule has 46 heavy (non-hydrogen) atoms. The van der Waals surface area contributed by atoms with Crippen molar-refractivity contribution in [3.63, 3.8) is 0 Å². The summed E-state index contributed by atoms with van der Waals surface area (Å²) < 4.78 is 17.1. The van der Waals surface area contributed by atoms with E-state index in [1.165, 1.54) is 89.9 Å². The summed E-state index contributed by atoms with van der Waals surface area (Å²) in [5, 5.41) is 9.55. The van der Waals surface area contributed by atoms with Crippen LogP contribution in [0.4, 0.5) is 0 Å². The standard InChI is InChI=1S/C38H71NO7/c1-6-8-10-12-14-16-17-18-19-20-21-23-24-26-28-36(40)45-33-34(32-44-31-30-35(38(42)43)39(3,4)5)46-37(41)29-27-25-22-15-13-11-9-7-2/h22,25,34-35H,6-21,23-24,26-33H2,1-5H3/p+1/b25-22+. The van der Waals surface area contributed by atoms with E-state index in [-0.39, 0.29) is 42.7 Å². The van der Waals surface area contributed by atoms with Gasteiger partial charge in [-0.25, -0.2) is 4.79 Å². The van der Waals surface area contributed by atoms with E-state index < -0.39 is 18.1 Å². The Balaban J connectivity index is 4.38. The third kappa shape index (κ3) is 28.3. The van der Waals surface area contributed by atoms with Crippen LogP contribution in [0.25, 0.3) is 0 Å². The summed E-state index contributed by atoms with van der Waals surface area (Å²) in [6.45, 7) is 4.64. The number of carbonyl (C=O) groups excluding carboxylic acids is 2. The molecular weight excluding hydrogens is 582 g/mol. The number of nitrogens with zero attached hydrogens (tertiary/aromatic N) is 1. The van der Waals surface area contributed by atoms with Gasteiger partial charge in [0.25, 0.3) is 0 Å². The lowest BCUT2D eigenvalue weighted by molar-refractivity contribution is -0.887. The number of hydrogen-bond acceptors (Lipinski definition) is 6. The predicted molar refractivity (Wildman–Crippen MR) is 188 cm³/mol. The topological polar surface area (TPSA) is 99.1 Å². The molecule has 0 aliphatic carbocycles. The van der Waals surface area contributed by atoms with Gasteiger partial charge in [0, 0.05) is 19.3 Å². The highest BCUT2D eigenvalue weighted by atomic mass is 16.6. The first-order valence-corrected chi connectivity index (χ1v) is 18.7. The van der Waals surface area contributed by atoms with E-state index in [4.69, 9.17) is 14.2 Å². The highest BCUT2D eigenvalue weighted by Crippen LogP contribution is 2.14. The zero-order valence-corrected chi connectivity index (χ0v) is 30.5. The van der Waals surface area contributed by atoms with E-state index in [9.17, 15) is 19.5 Å². The summed E-state index contributed by atoms with van der Waals surface area (Å²) in [5.74, 6) is -1.53. The Bertz CT molecular complexity index is 778. The molecule has 0 heterocycles. The molecule has 270 valence electrons. The van der Waals surface area contributed by atoms with Crippen LogP contribution in [0.15, 0.2) is 12.2 Å². The molecule has 0 saturated heterocycles. The van der Waals surface area contributed by atoms with Gasteiger partial charge in [-0.1, -0.05) is 129 Å². The van der Waals surface area contributed by atoms with Crippen molar-refractivity contribution in [1.82, 2.24) is 0 Å². The fourth-order valence-corrected chi connectivity index (χ4v) is 5.46. The van der Waals surface area contributed by atoms with E-state index in [0.29, 0.717) is 19.3 Å². The van der Waals surface area contributed by atoms with Gasteiger partial charge in [0.15, 0.2) is 12.1 Å². The first-order valence-electron chi connectivity index (χ1n) is 18.7. The number of likely N-dealkylation sites (N-methyl/N-ethyl adjacent to an activating group) is 1. The molecule has 0 amide bonds. The maximum Gasteiger partial charge on any atom is 0.362 e. The van der Waals surface area contributed by atoms with Crippen molar-refractivity contribution in [3.05, 3.63) is 12.2 Å². The number of carboxylic acid groups (broad SMARTS) is 1. The molecule has 0 rings (SSSR count). The molecule has 8 nitrogen and oxygen atoms in total. The molecule has 0 aromatic rings. The molecule has 0 radical (unpaired) electrons. The molecule has 0 aliphatic rings. The molecule has 0 aromatic heterocycles. The quantitative estimate of drug-likeness (QED) is 0.0326. The lowest BCUT2D eigenvalue weighted by atomic mass is 10.0. The molecule has 2 atom stereocenters. The molecule has 0 saturated carbocycles. The summed E-state index contributed by atoms with van der Waals surface area (Å²) in [7, 11) is 5.50. The second kappa shape index (κ2) is 30.4. The first-order chi connectivity index (χ1) is 22.1. The van der Waals surface area contributed by atoms with Gasteiger partial charge in [-0.2, -0.15) is 0 Å². The average molecular weight is 655 g/mol. The monoisotopic (exact) mass is 655 g/mol. The highest BCUT2D eigenvalue weighted by Gasteiger charge is 2.31. The van der Waals surface area contributed by atoms with Crippen LogP contribution < -0.4 is 0 Å². The van der Waals surface area contributed by atoms with Crippen LogP contribution in [-0.4, -0.2) is 80.6 Å². The van der Waals surface area contributed by atoms with E-state index in [2.05, 4.69) is 19.9 Å². The van der Waals surface area contributed by atoms with Gasteiger partial charge in [-0.15, -0.1) is 0 Å². The largest absolute Gasteiger partial charge is 0.477 e. The maximum atomic E-state index is 12.5. The average Bonchev–Trinajstić information content (AvgIpc) is 3.00. The summed E-state index contributed by atoms with van der Waals surface area (Å²) in [5.41, 5.74) is 0. The van der Waals surface area contributed by atoms with Crippen LogP contribution in [0.1, 0.15) is 162 Å². The molecule has 0 fully saturated rings. The zero-order chi connectivity index (χ0) is 34.3. The van der Waals surface area contributed by atoms with Gasteiger partial charge in [-0.05, 0) is 25.7 Å². The Morgan fingerprint density at radius 2 is 1.13 bits per heavy atom. The van der Waals surface area contributed by atoms with Crippen molar-refractivity contribution in [2.24, 2.45) is 0 Å². The van der Waals surface area contributed by atoms with Crippen LogP contribution >= 0.6 is 0 Å². The van der Waals surface area contributed by atoms with Gasteiger partial charge >= 0.3 is 17.9 Å². The molecule has 8 heteroatoms. The number of rotatable bonds is 33. The van der Waals surface area contributed by atoms with Crippen molar-refractivity contribution < 1.29 is 38.2 Å². The van der Waals surface area contributed by atoms with Gasteiger partial charge in [0.05, 0.1) is 34.4 Å². The highest BCUT2D eigenvalue weighted by molar-refractivity contribution is 5.72. The Morgan fingerprint density at radius 3 is 1.65 bits per heavy atom. The van der Waals surface area contributed by atoms with E-state index in [1.54, 1.807) is 0 Å². The number of allylic oxidation sites excluding steroid dienone is 2. The molecular formula is C38H72NO7+. The number of carbonyl (C=O) groups is 3. The number of esters is 2. The minimum absolute atomic E-state index is 0.0502. The second-order valence-corrected chi connectivity index (χ2v) is 13.8. The Labute approximate surface area is 282 Å². The van der Waals surface area contributed by atoms with Crippen LogP contribution in [0.3, 0.4) is 0 Å². The lowest BCUT2D eigenvalue weighted by Crippen LogP contribution is -2.50. The van der Waals surface area contributed by atoms with E-state index in [0.717, 1.165) is 32.1 Å². The molecule has 0 aliphatic heterocycles. The third-order valence-electron chi connectivity index (χ3n) is 8.43. The van der Waals surface area contributed by atoms with Crippen molar-refractivity contribution in [2.75, 3.05) is 41.0 Å². The number of quaternary nitrogens is 1.